The Morgan fingerprint density at radius 2 is 2.19 bits per heavy atom. The number of rotatable bonds is 1. The van der Waals surface area contributed by atoms with Gasteiger partial charge in [0.2, 0.25) is 0 Å². The molecule has 0 unspecified atom stereocenters. The molecule has 0 atom stereocenters. The van der Waals surface area contributed by atoms with E-state index in [1.165, 1.54) is 24.4 Å². The summed E-state index contributed by atoms with van der Waals surface area (Å²) < 4.78 is 35.1. The Balaban J connectivity index is 2.61. The molecule has 78 valence electrons. The molecule has 0 aliphatic carbocycles. The van der Waals surface area contributed by atoms with Crippen LogP contribution in [0.1, 0.15) is 15.5 Å². The fourth-order valence-corrected chi connectivity index (χ4v) is 1.32. The van der Waals surface area contributed by atoms with Crippen LogP contribution >= 0.6 is 0 Å². The molecular formula is C12H8FN3. The first-order chi connectivity index (χ1) is 8.90. The first kappa shape index (κ1) is 7.07. The van der Waals surface area contributed by atoms with Crippen LogP contribution in [0, 0.1) is 24.0 Å². The number of halogens is 1. The average Bonchev–Trinajstić information content (AvgIpc) is 2.37. The lowest BCUT2D eigenvalue weighted by Gasteiger charge is -2.02. The van der Waals surface area contributed by atoms with Crippen molar-refractivity contribution in [2.45, 2.75) is 6.85 Å². The Bertz CT molecular complexity index is 662. The van der Waals surface area contributed by atoms with Gasteiger partial charge in [-0.3, -0.25) is 4.98 Å². The van der Waals surface area contributed by atoms with Gasteiger partial charge in [-0.25, -0.2) is 9.37 Å². The summed E-state index contributed by atoms with van der Waals surface area (Å²) in [6, 6.07) is 5.71. The molecule has 4 heteroatoms. The van der Waals surface area contributed by atoms with Crippen molar-refractivity contribution < 1.29 is 8.50 Å². The second kappa shape index (κ2) is 4.07. The minimum absolute atomic E-state index is 0.0344. The van der Waals surface area contributed by atoms with Crippen LogP contribution in [0.25, 0.3) is 11.1 Å². The Hall–Kier alpha value is -2.28. The van der Waals surface area contributed by atoms with Gasteiger partial charge in [0, 0.05) is 21.6 Å². The number of aryl methyl sites for hydroxylation is 1. The molecule has 2 rings (SSSR count). The Kier molecular flexibility index (Phi) is 1.80. The van der Waals surface area contributed by atoms with Gasteiger partial charge < -0.3 is 0 Å². The molecule has 0 aromatic carbocycles. The van der Waals surface area contributed by atoms with Gasteiger partial charge in [-0.05, 0) is 30.6 Å². The molecular weight excluding hydrogens is 205 g/mol. The summed E-state index contributed by atoms with van der Waals surface area (Å²) in [6.07, 6.45) is 2.43. The van der Waals surface area contributed by atoms with Crippen molar-refractivity contribution in [1.82, 2.24) is 9.97 Å². The third-order valence-corrected chi connectivity index (χ3v) is 1.98. The fraction of sp³-hybridized carbons (Fsp3) is 0.0833. The summed E-state index contributed by atoms with van der Waals surface area (Å²) in [5.41, 5.74) is 0.549. The topological polar surface area (TPSA) is 49.6 Å². The maximum absolute atomic E-state index is 13.1. The van der Waals surface area contributed by atoms with Crippen LogP contribution < -0.4 is 0 Å². The number of hydrogen-bond donors (Lipinski definition) is 0. The zero-order valence-corrected chi connectivity index (χ0v) is 8.11. The van der Waals surface area contributed by atoms with E-state index < -0.39 is 12.7 Å². The molecule has 0 spiro atoms. The average molecular weight is 216 g/mol. The van der Waals surface area contributed by atoms with Crippen LogP contribution in [0.2, 0.25) is 0 Å². The SMILES string of the molecule is [2H]C([2H])([2H])c1cc(-c2cncc(F)c2)cc(C#N)n1. The maximum atomic E-state index is 13.1. The lowest BCUT2D eigenvalue weighted by molar-refractivity contribution is 0.622. The van der Waals surface area contributed by atoms with E-state index in [2.05, 4.69) is 9.97 Å². The van der Waals surface area contributed by atoms with Gasteiger partial charge in [-0.1, -0.05) is 0 Å². The third-order valence-electron chi connectivity index (χ3n) is 1.98. The predicted octanol–water partition coefficient (Wildman–Crippen LogP) is 2.46. The van der Waals surface area contributed by atoms with Gasteiger partial charge in [0.25, 0.3) is 0 Å². The molecule has 0 aliphatic rings. The highest BCUT2D eigenvalue weighted by molar-refractivity contribution is 5.63. The van der Waals surface area contributed by atoms with Crippen molar-refractivity contribution in [3.05, 3.63) is 47.8 Å². The summed E-state index contributed by atoms with van der Waals surface area (Å²) in [4.78, 5) is 7.42. The smallest absolute Gasteiger partial charge is 0.142 e. The van der Waals surface area contributed by atoms with Crippen LogP contribution in [0.3, 0.4) is 0 Å². The number of nitrogens with zero attached hydrogens (tertiary/aromatic N) is 3. The second-order valence-corrected chi connectivity index (χ2v) is 3.13. The molecule has 0 amide bonds. The minimum Gasteiger partial charge on any atom is -0.261 e. The summed E-state index contributed by atoms with van der Waals surface area (Å²) in [7, 11) is 0. The molecule has 0 aliphatic heterocycles. The van der Waals surface area contributed by atoms with Crippen molar-refractivity contribution in [2.24, 2.45) is 0 Å². The van der Waals surface area contributed by atoms with E-state index >= 15 is 0 Å². The van der Waals surface area contributed by atoms with E-state index in [0.717, 1.165) is 6.20 Å². The predicted molar refractivity (Wildman–Crippen MR) is 56.9 cm³/mol. The molecule has 2 heterocycles. The summed E-state index contributed by atoms with van der Waals surface area (Å²) in [5, 5.41) is 8.87. The van der Waals surface area contributed by atoms with Crippen LogP contribution in [0.4, 0.5) is 4.39 Å². The largest absolute Gasteiger partial charge is 0.261 e. The van der Waals surface area contributed by atoms with E-state index in [9.17, 15) is 4.39 Å². The number of nitriles is 1. The van der Waals surface area contributed by atoms with Gasteiger partial charge in [0.05, 0.1) is 6.20 Å². The van der Waals surface area contributed by atoms with E-state index in [-0.39, 0.29) is 11.4 Å². The quantitative estimate of drug-likeness (QED) is 0.735. The van der Waals surface area contributed by atoms with Gasteiger partial charge in [0.1, 0.15) is 17.6 Å². The monoisotopic (exact) mass is 216 g/mol. The zero-order valence-electron chi connectivity index (χ0n) is 11.1. The van der Waals surface area contributed by atoms with E-state index in [4.69, 9.17) is 9.37 Å². The van der Waals surface area contributed by atoms with Crippen molar-refractivity contribution in [1.29, 1.82) is 5.26 Å². The lowest BCUT2D eigenvalue weighted by atomic mass is 10.1. The number of aromatic nitrogens is 2. The first-order valence-corrected chi connectivity index (χ1v) is 4.44. The molecule has 2 aromatic heterocycles. The fourth-order valence-electron chi connectivity index (χ4n) is 1.32. The van der Waals surface area contributed by atoms with Gasteiger partial charge in [-0.15, -0.1) is 0 Å². The van der Waals surface area contributed by atoms with Crippen LogP contribution in [0.15, 0.2) is 30.6 Å². The molecule has 0 fully saturated rings. The highest BCUT2D eigenvalue weighted by Crippen LogP contribution is 2.20. The van der Waals surface area contributed by atoms with E-state index in [0.29, 0.717) is 11.1 Å². The molecule has 2 aromatic rings. The van der Waals surface area contributed by atoms with Crippen molar-refractivity contribution >= 4 is 0 Å². The highest BCUT2D eigenvalue weighted by atomic mass is 19.1. The van der Waals surface area contributed by atoms with Gasteiger partial charge in [-0.2, -0.15) is 5.26 Å². The highest BCUT2D eigenvalue weighted by Gasteiger charge is 2.03. The van der Waals surface area contributed by atoms with Gasteiger partial charge in [0.15, 0.2) is 0 Å². The lowest BCUT2D eigenvalue weighted by Crippen LogP contribution is -1.90. The number of pyridine rings is 2. The molecule has 0 N–H and O–H groups in total. The first-order valence-electron chi connectivity index (χ1n) is 5.94. The van der Waals surface area contributed by atoms with E-state index in [1.54, 1.807) is 6.07 Å². The third kappa shape index (κ3) is 2.04. The zero-order chi connectivity index (χ0) is 14.0. The Morgan fingerprint density at radius 3 is 2.88 bits per heavy atom. The van der Waals surface area contributed by atoms with Gasteiger partial charge >= 0.3 is 0 Å². The minimum atomic E-state index is -2.43. The maximum Gasteiger partial charge on any atom is 0.142 e. The van der Waals surface area contributed by atoms with Crippen LogP contribution in [-0.4, -0.2) is 9.97 Å². The standard InChI is InChI=1S/C12H8FN3/c1-8-2-9(4-12(5-14)16-8)10-3-11(13)7-15-6-10/h2-4,6-7H,1H3/i1D3. The van der Waals surface area contributed by atoms with Crippen molar-refractivity contribution in [3.63, 3.8) is 0 Å². The van der Waals surface area contributed by atoms with Crippen LogP contribution in [-0.2, 0) is 0 Å². The molecule has 0 saturated heterocycles. The van der Waals surface area contributed by atoms with Crippen molar-refractivity contribution in [3.8, 4) is 17.2 Å². The number of hydrogen-bond acceptors (Lipinski definition) is 3. The van der Waals surface area contributed by atoms with E-state index in [1.807, 2.05) is 0 Å². The Labute approximate surface area is 96.4 Å². The summed E-state index contributed by atoms with van der Waals surface area (Å²) in [6.45, 7) is -2.43. The Morgan fingerprint density at radius 1 is 1.31 bits per heavy atom. The molecule has 0 saturated carbocycles. The molecule has 3 nitrogen and oxygen atoms in total. The van der Waals surface area contributed by atoms with Crippen LogP contribution in [0.5, 0.6) is 0 Å². The van der Waals surface area contributed by atoms with Crippen molar-refractivity contribution in [2.75, 3.05) is 0 Å². The summed E-state index contributed by atoms with van der Waals surface area (Å²) in [5.74, 6) is -0.539. The molecule has 16 heavy (non-hydrogen) atoms. The normalized spacial score (nSPS) is 13.4. The molecule has 0 bridgehead atoms. The molecule has 0 radical (unpaired) electrons. The summed E-state index contributed by atoms with van der Waals surface area (Å²) >= 11 is 0. The second-order valence-electron chi connectivity index (χ2n) is 3.13.